The Bertz CT molecular complexity index is 2970. The number of hydrogen-bond acceptors (Lipinski definition) is 1. The van der Waals surface area contributed by atoms with Crippen molar-refractivity contribution in [2.45, 2.75) is 0 Å². The molecular weight excluding hydrogens is 687 g/mol. The maximum atomic E-state index is 2.43. The van der Waals surface area contributed by atoms with Gasteiger partial charge in [0.05, 0.1) is 5.69 Å². The molecule has 0 aliphatic heterocycles. The first-order valence-electron chi connectivity index (χ1n) is 19.6. The van der Waals surface area contributed by atoms with Crippen LogP contribution in [0.3, 0.4) is 0 Å². The number of nitrogens with zero attached hydrogens (tertiary/aromatic N) is 1. The fourth-order valence-electron chi connectivity index (χ4n) is 8.30. The van der Waals surface area contributed by atoms with Crippen molar-refractivity contribution < 1.29 is 0 Å². The lowest BCUT2D eigenvalue weighted by Crippen LogP contribution is -2.12. The molecule has 0 aromatic heterocycles. The Balaban J connectivity index is 1.19. The van der Waals surface area contributed by atoms with Crippen molar-refractivity contribution in [2.24, 2.45) is 0 Å². The van der Waals surface area contributed by atoms with E-state index < -0.39 is 0 Å². The van der Waals surface area contributed by atoms with E-state index in [2.05, 4.69) is 241 Å². The molecular formula is C56H39N. The van der Waals surface area contributed by atoms with E-state index in [9.17, 15) is 0 Å². The van der Waals surface area contributed by atoms with Crippen LogP contribution in [0.5, 0.6) is 0 Å². The molecule has 1 heteroatoms. The Morgan fingerprint density at radius 2 is 0.702 bits per heavy atom. The van der Waals surface area contributed by atoms with Crippen molar-refractivity contribution in [3.05, 3.63) is 237 Å². The van der Waals surface area contributed by atoms with Gasteiger partial charge in [-0.15, -0.1) is 0 Å². The van der Waals surface area contributed by atoms with E-state index in [0.717, 1.165) is 22.6 Å². The fraction of sp³-hybridized carbons (Fsp3) is 0. The average Bonchev–Trinajstić information content (AvgIpc) is 3.30. The standard InChI is InChI=1S/C56H39N/c1-5-17-40(18-6-1)45-31-36-56(55(37-45)43-23-11-4-12-24-43)57(48-34-35-50(41-19-7-2-8-20-41)54(39-48)42-21-9-3-10-22-42)47-32-29-44(30-33-47)53-38-46-25-13-14-26-49(46)51-27-15-16-28-52(51)53/h1-39H. The van der Waals surface area contributed by atoms with Gasteiger partial charge in [-0.2, -0.15) is 0 Å². The summed E-state index contributed by atoms with van der Waals surface area (Å²) >= 11 is 0. The van der Waals surface area contributed by atoms with Gasteiger partial charge in [0.25, 0.3) is 0 Å². The second kappa shape index (κ2) is 15.0. The molecule has 57 heavy (non-hydrogen) atoms. The van der Waals surface area contributed by atoms with Gasteiger partial charge in [-0.1, -0.05) is 194 Å². The van der Waals surface area contributed by atoms with Crippen LogP contribution in [-0.4, -0.2) is 0 Å². The van der Waals surface area contributed by atoms with Crippen molar-refractivity contribution in [3.8, 4) is 55.6 Å². The number of benzene rings is 10. The van der Waals surface area contributed by atoms with Gasteiger partial charge in [0.2, 0.25) is 0 Å². The van der Waals surface area contributed by atoms with Crippen LogP contribution in [0, 0.1) is 0 Å². The molecule has 1 nitrogen and oxygen atoms in total. The third-order valence-electron chi connectivity index (χ3n) is 11.1. The Morgan fingerprint density at radius 3 is 1.35 bits per heavy atom. The van der Waals surface area contributed by atoms with Crippen LogP contribution in [0.2, 0.25) is 0 Å². The predicted molar refractivity (Wildman–Crippen MR) is 243 cm³/mol. The van der Waals surface area contributed by atoms with Crippen LogP contribution in [0.1, 0.15) is 0 Å². The predicted octanol–water partition coefficient (Wildman–Crippen LogP) is 15.8. The molecule has 0 heterocycles. The molecule has 10 rings (SSSR count). The summed E-state index contributed by atoms with van der Waals surface area (Å²) in [7, 11) is 0. The second-order valence-electron chi connectivity index (χ2n) is 14.5. The number of rotatable bonds is 8. The Labute approximate surface area is 334 Å². The van der Waals surface area contributed by atoms with E-state index in [4.69, 9.17) is 0 Å². The molecule has 0 aliphatic carbocycles. The van der Waals surface area contributed by atoms with Crippen molar-refractivity contribution in [1.82, 2.24) is 0 Å². The van der Waals surface area contributed by atoms with E-state index in [-0.39, 0.29) is 0 Å². The summed E-state index contributed by atoms with van der Waals surface area (Å²) in [6.45, 7) is 0. The minimum Gasteiger partial charge on any atom is -0.310 e. The molecule has 0 N–H and O–H groups in total. The number of hydrogen-bond donors (Lipinski definition) is 0. The van der Waals surface area contributed by atoms with Crippen LogP contribution in [0.25, 0.3) is 77.2 Å². The number of anilines is 3. The van der Waals surface area contributed by atoms with Crippen LogP contribution in [-0.2, 0) is 0 Å². The number of fused-ring (bicyclic) bond motifs is 3. The first-order valence-corrected chi connectivity index (χ1v) is 19.6. The highest BCUT2D eigenvalue weighted by atomic mass is 15.1. The molecule has 10 aromatic carbocycles. The zero-order chi connectivity index (χ0) is 38.0. The zero-order valence-corrected chi connectivity index (χ0v) is 31.5. The van der Waals surface area contributed by atoms with Crippen LogP contribution < -0.4 is 4.90 Å². The Morgan fingerprint density at radius 1 is 0.228 bits per heavy atom. The third-order valence-corrected chi connectivity index (χ3v) is 11.1. The summed E-state index contributed by atoms with van der Waals surface area (Å²) in [5.74, 6) is 0. The molecule has 0 aliphatic rings. The minimum absolute atomic E-state index is 1.08. The Hall–Kier alpha value is -7.48. The van der Waals surface area contributed by atoms with Gasteiger partial charge in [0, 0.05) is 16.9 Å². The van der Waals surface area contributed by atoms with Gasteiger partial charge in [-0.05, 0) is 114 Å². The first kappa shape index (κ1) is 34.0. The molecule has 0 saturated carbocycles. The maximum absolute atomic E-state index is 2.43. The lowest BCUT2D eigenvalue weighted by molar-refractivity contribution is 1.28. The van der Waals surface area contributed by atoms with E-state index in [1.165, 1.54) is 71.6 Å². The Kier molecular flexibility index (Phi) is 8.95. The van der Waals surface area contributed by atoms with E-state index >= 15 is 0 Å². The summed E-state index contributed by atoms with van der Waals surface area (Å²) in [5.41, 5.74) is 15.2. The largest absolute Gasteiger partial charge is 0.310 e. The highest BCUT2D eigenvalue weighted by Crippen LogP contribution is 2.46. The molecule has 10 aromatic rings. The van der Waals surface area contributed by atoms with Gasteiger partial charge in [0.1, 0.15) is 0 Å². The van der Waals surface area contributed by atoms with Crippen LogP contribution in [0.15, 0.2) is 237 Å². The molecule has 0 bridgehead atoms. The fourth-order valence-corrected chi connectivity index (χ4v) is 8.30. The summed E-state index contributed by atoms with van der Waals surface area (Å²) in [6, 6.07) is 85.7. The molecule has 0 fully saturated rings. The molecule has 268 valence electrons. The highest BCUT2D eigenvalue weighted by Gasteiger charge is 2.21. The lowest BCUT2D eigenvalue weighted by Gasteiger charge is -2.29. The molecule has 0 atom stereocenters. The first-order chi connectivity index (χ1) is 28.3. The van der Waals surface area contributed by atoms with Crippen molar-refractivity contribution in [2.75, 3.05) is 4.90 Å². The van der Waals surface area contributed by atoms with Crippen molar-refractivity contribution in [1.29, 1.82) is 0 Å². The summed E-state index contributed by atoms with van der Waals surface area (Å²) < 4.78 is 0. The van der Waals surface area contributed by atoms with Crippen molar-refractivity contribution >= 4 is 38.6 Å². The molecule has 0 spiro atoms. The molecule has 0 amide bonds. The maximum Gasteiger partial charge on any atom is 0.0540 e. The van der Waals surface area contributed by atoms with E-state index in [0.29, 0.717) is 0 Å². The SMILES string of the molecule is c1ccc(-c2ccc(N(c3ccc(-c4cc5ccccc5c5ccccc45)cc3)c3ccc(-c4ccccc4)c(-c4ccccc4)c3)c(-c3ccccc3)c2)cc1. The minimum atomic E-state index is 1.08. The third kappa shape index (κ3) is 6.56. The molecule has 0 radical (unpaired) electrons. The van der Waals surface area contributed by atoms with Crippen LogP contribution in [0.4, 0.5) is 17.1 Å². The monoisotopic (exact) mass is 725 g/mol. The van der Waals surface area contributed by atoms with Gasteiger partial charge in [-0.3, -0.25) is 0 Å². The van der Waals surface area contributed by atoms with Gasteiger partial charge < -0.3 is 4.90 Å². The van der Waals surface area contributed by atoms with Crippen LogP contribution >= 0.6 is 0 Å². The average molecular weight is 726 g/mol. The van der Waals surface area contributed by atoms with Gasteiger partial charge >= 0.3 is 0 Å². The topological polar surface area (TPSA) is 3.24 Å². The summed E-state index contributed by atoms with van der Waals surface area (Å²) in [6.07, 6.45) is 0. The second-order valence-corrected chi connectivity index (χ2v) is 14.5. The van der Waals surface area contributed by atoms with Gasteiger partial charge in [-0.25, -0.2) is 0 Å². The zero-order valence-electron chi connectivity index (χ0n) is 31.5. The quantitative estimate of drug-likeness (QED) is 0.141. The molecule has 0 unspecified atom stereocenters. The normalized spacial score (nSPS) is 11.2. The van der Waals surface area contributed by atoms with E-state index in [1.807, 2.05) is 0 Å². The van der Waals surface area contributed by atoms with Gasteiger partial charge in [0.15, 0.2) is 0 Å². The smallest absolute Gasteiger partial charge is 0.0540 e. The molecule has 0 saturated heterocycles. The summed E-state index contributed by atoms with van der Waals surface area (Å²) in [4.78, 5) is 2.43. The lowest BCUT2D eigenvalue weighted by atomic mass is 9.92. The highest BCUT2D eigenvalue weighted by molar-refractivity contribution is 6.13. The summed E-state index contributed by atoms with van der Waals surface area (Å²) in [5, 5.41) is 5.05. The van der Waals surface area contributed by atoms with E-state index in [1.54, 1.807) is 0 Å². The van der Waals surface area contributed by atoms with Crippen molar-refractivity contribution in [3.63, 3.8) is 0 Å².